The molecule has 5 heteroatoms. The highest BCUT2D eigenvalue weighted by atomic mass is 35.5. The number of benzene rings is 1. The molecule has 3 nitrogen and oxygen atoms in total. The second-order valence-electron chi connectivity index (χ2n) is 3.45. The average Bonchev–Trinajstić information content (AvgIpc) is 2.25. The number of nitrogens with two attached hydrogens (primary N) is 1. The van der Waals surface area contributed by atoms with Gasteiger partial charge in [-0.05, 0) is 25.8 Å². The third-order valence-corrected chi connectivity index (χ3v) is 2.74. The first-order valence-corrected chi connectivity index (χ1v) is 5.43. The molecule has 0 aromatic heterocycles. The van der Waals surface area contributed by atoms with Crippen LogP contribution in [0.5, 0.6) is 11.5 Å². The number of rotatable bonds is 5. The van der Waals surface area contributed by atoms with Crippen molar-refractivity contribution in [3.63, 3.8) is 0 Å². The van der Waals surface area contributed by atoms with Crippen molar-refractivity contribution in [3.05, 3.63) is 22.5 Å². The average molecular weight is 248 g/mol. The van der Waals surface area contributed by atoms with E-state index in [4.69, 9.17) is 22.1 Å². The highest BCUT2D eigenvalue weighted by Gasteiger charge is 2.16. The van der Waals surface area contributed by atoms with E-state index in [1.165, 1.54) is 7.11 Å². The molecule has 0 aliphatic carbocycles. The van der Waals surface area contributed by atoms with Gasteiger partial charge in [0.25, 0.3) is 0 Å². The second-order valence-corrected chi connectivity index (χ2v) is 3.83. The predicted octanol–water partition coefficient (Wildman–Crippen LogP) is 2.47. The first-order chi connectivity index (χ1) is 7.61. The molecule has 1 aromatic carbocycles. The zero-order chi connectivity index (χ0) is 12.1. The van der Waals surface area contributed by atoms with Crippen LogP contribution in [0.2, 0.25) is 5.02 Å². The number of unbranched alkanes of at least 4 members (excludes halogenated alkanes) is 1. The summed E-state index contributed by atoms with van der Waals surface area (Å²) in [5.74, 6) is -0.627. The molecular formula is C11H15ClFNO2. The van der Waals surface area contributed by atoms with E-state index in [-0.39, 0.29) is 16.5 Å². The van der Waals surface area contributed by atoms with Crippen molar-refractivity contribution in [2.45, 2.75) is 19.3 Å². The van der Waals surface area contributed by atoms with Crippen LogP contribution in [-0.2, 0) is 6.42 Å². The summed E-state index contributed by atoms with van der Waals surface area (Å²) in [6, 6.07) is 0.952. The van der Waals surface area contributed by atoms with E-state index < -0.39 is 5.82 Å². The Morgan fingerprint density at radius 2 is 2.19 bits per heavy atom. The molecule has 0 saturated carbocycles. The van der Waals surface area contributed by atoms with E-state index in [0.717, 1.165) is 18.9 Å². The van der Waals surface area contributed by atoms with Crippen LogP contribution in [0.1, 0.15) is 18.4 Å². The maximum atomic E-state index is 13.3. The summed E-state index contributed by atoms with van der Waals surface area (Å²) in [7, 11) is 1.41. The zero-order valence-electron chi connectivity index (χ0n) is 9.09. The molecule has 0 aliphatic heterocycles. The van der Waals surface area contributed by atoms with E-state index >= 15 is 0 Å². The topological polar surface area (TPSA) is 55.5 Å². The van der Waals surface area contributed by atoms with Crippen LogP contribution < -0.4 is 10.5 Å². The fourth-order valence-corrected chi connectivity index (χ4v) is 1.78. The van der Waals surface area contributed by atoms with Gasteiger partial charge in [0, 0.05) is 11.6 Å². The van der Waals surface area contributed by atoms with E-state index in [1.807, 2.05) is 0 Å². The van der Waals surface area contributed by atoms with Crippen molar-refractivity contribution in [3.8, 4) is 11.5 Å². The van der Waals surface area contributed by atoms with Gasteiger partial charge in [0.15, 0.2) is 11.5 Å². The van der Waals surface area contributed by atoms with Gasteiger partial charge in [0.2, 0.25) is 0 Å². The van der Waals surface area contributed by atoms with Gasteiger partial charge in [0.1, 0.15) is 5.82 Å². The van der Waals surface area contributed by atoms with E-state index in [9.17, 15) is 9.50 Å². The summed E-state index contributed by atoms with van der Waals surface area (Å²) in [4.78, 5) is 0. The third kappa shape index (κ3) is 2.77. The molecule has 0 aliphatic rings. The fraction of sp³-hybridized carbons (Fsp3) is 0.455. The number of ether oxygens (including phenoxy) is 1. The first-order valence-electron chi connectivity index (χ1n) is 5.05. The summed E-state index contributed by atoms with van der Waals surface area (Å²) in [5.41, 5.74) is 5.87. The Labute approximate surface area is 99.0 Å². The van der Waals surface area contributed by atoms with Crippen LogP contribution in [0.25, 0.3) is 0 Å². The van der Waals surface area contributed by atoms with E-state index in [0.29, 0.717) is 18.5 Å². The summed E-state index contributed by atoms with van der Waals surface area (Å²) >= 11 is 5.83. The number of halogens is 2. The van der Waals surface area contributed by atoms with E-state index in [1.54, 1.807) is 0 Å². The molecule has 1 aromatic rings. The summed E-state index contributed by atoms with van der Waals surface area (Å²) in [6.07, 6.45) is 2.12. The SMILES string of the molecule is COc1c(O)cc(F)c(Cl)c1CCCCN. The molecule has 16 heavy (non-hydrogen) atoms. The van der Waals surface area contributed by atoms with Gasteiger partial charge < -0.3 is 15.6 Å². The molecule has 1 rings (SSSR count). The van der Waals surface area contributed by atoms with Crippen LogP contribution in [-0.4, -0.2) is 18.8 Å². The highest BCUT2D eigenvalue weighted by molar-refractivity contribution is 6.31. The molecule has 0 spiro atoms. The number of methoxy groups -OCH3 is 1. The van der Waals surface area contributed by atoms with Crippen molar-refractivity contribution in [2.24, 2.45) is 5.73 Å². The number of hydrogen-bond acceptors (Lipinski definition) is 3. The first kappa shape index (κ1) is 13.1. The molecule has 90 valence electrons. The normalized spacial score (nSPS) is 10.5. The molecule has 0 fully saturated rings. The summed E-state index contributed by atoms with van der Waals surface area (Å²) in [6.45, 7) is 0.571. The van der Waals surface area contributed by atoms with Crippen LogP contribution in [0, 0.1) is 5.82 Å². The molecule has 0 amide bonds. The summed E-state index contributed by atoms with van der Waals surface area (Å²) in [5, 5.41) is 9.51. The Bertz CT molecular complexity index is 371. The van der Waals surface area contributed by atoms with Gasteiger partial charge in [-0.15, -0.1) is 0 Å². The van der Waals surface area contributed by atoms with Crippen LogP contribution >= 0.6 is 11.6 Å². The molecule has 3 N–H and O–H groups in total. The molecule has 0 unspecified atom stereocenters. The van der Waals surface area contributed by atoms with Crippen LogP contribution in [0.15, 0.2) is 6.07 Å². The fourth-order valence-electron chi connectivity index (χ4n) is 1.54. The molecule has 0 atom stereocenters. The van der Waals surface area contributed by atoms with Crippen molar-refractivity contribution in [1.82, 2.24) is 0 Å². The zero-order valence-corrected chi connectivity index (χ0v) is 9.85. The van der Waals surface area contributed by atoms with Crippen molar-refractivity contribution < 1.29 is 14.2 Å². The number of aromatic hydroxyl groups is 1. The van der Waals surface area contributed by atoms with Crippen LogP contribution in [0.3, 0.4) is 0 Å². The molecule has 0 radical (unpaired) electrons. The smallest absolute Gasteiger partial charge is 0.165 e. The minimum atomic E-state index is -0.636. The summed E-state index contributed by atoms with van der Waals surface area (Å²) < 4.78 is 18.3. The van der Waals surface area contributed by atoms with Gasteiger partial charge in [0.05, 0.1) is 12.1 Å². The maximum Gasteiger partial charge on any atom is 0.165 e. The monoisotopic (exact) mass is 247 g/mol. The number of phenolic OH excluding ortho intramolecular Hbond substituents is 1. The maximum absolute atomic E-state index is 13.3. The van der Waals surface area contributed by atoms with Crippen LogP contribution in [0.4, 0.5) is 4.39 Å². The van der Waals surface area contributed by atoms with Gasteiger partial charge in [-0.3, -0.25) is 0 Å². The molecule has 0 saturated heterocycles. The minimum Gasteiger partial charge on any atom is -0.504 e. The van der Waals surface area contributed by atoms with E-state index in [2.05, 4.69) is 0 Å². The Morgan fingerprint density at radius 3 is 2.75 bits per heavy atom. The van der Waals surface area contributed by atoms with Crippen molar-refractivity contribution in [1.29, 1.82) is 0 Å². The Morgan fingerprint density at radius 1 is 1.50 bits per heavy atom. The Balaban J connectivity index is 3.02. The molecular weight excluding hydrogens is 233 g/mol. The lowest BCUT2D eigenvalue weighted by Crippen LogP contribution is -2.01. The minimum absolute atomic E-state index is 0.00618. The predicted molar refractivity (Wildman–Crippen MR) is 61.6 cm³/mol. The van der Waals surface area contributed by atoms with Crippen molar-refractivity contribution in [2.75, 3.05) is 13.7 Å². The Hall–Kier alpha value is -1.00. The standard InChI is InChI=1S/C11H15ClFNO2/c1-16-11-7(4-2-3-5-14)10(12)8(13)6-9(11)15/h6,15H,2-5,14H2,1H3. The lowest BCUT2D eigenvalue weighted by Gasteiger charge is -2.12. The van der Waals surface area contributed by atoms with Gasteiger partial charge in [-0.25, -0.2) is 4.39 Å². The van der Waals surface area contributed by atoms with Crippen molar-refractivity contribution >= 4 is 11.6 Å². The largest absolute Gasteiger partial charge is 0.504 e. The number of hydrogen-bond donors (Lipinski definition) is 2. The van der Waals surface area contributed by atoms with Gasteiger partial charge >= 0.3 is 0 Å². The van der Waals surface area contributed by atoms with Gasteiger partial charge in [-0.2, -0.15) is 0 Å². The lowest BCUT2D eigenvalue weighted by atomic mass is 10.1. The molecule has 0 heterocycles. The second kappa shape index (κ2) is 5.92. The Kier molecular flexibility index (Phi) is 4.83. The quantitative estimate of drug-likeness (QED) is 0.786. The third-order valence-electron chi connectivity index (χ3n) is 2.33. The lowest BCUT2D eigenvalue weighted by molar-refractivity contribution is 0.366. The highest BCUT2D eigenvalue weighted by Crippen LogP contribution is 2.37. The number of phenols is 1. The molecule has 0 bridgehead atoms. The van der Waals surface area contributed by atoms with Gasteiger partial charge in [-0.1, -0.05) is 11.6 Å².